The Morgan fingerprint density at radius 1 is 1.57 bits per heavy atom. The number of nitrogens with zero attached hydrogens (tertiary/aromatic N) is 1. The van der Waals surface area contributed by atoms with Crippen LogP contribution in [0.3, 0.4) is 0 Å². The minimum Gasteiger partial charge on any atom is -0.380 e. The highest BCUT2D eigenvalue weighted by Crippen LogP contribution is 2.21. The third-order valence-electron chi connectivity index (χ3n) is 2.78. The fraction of sp³-hybridized carbons (Fsp3) is 0.909. The lowest BCUT2D eigenvalue weighted by Crippen LogP contribution is -2.30. The molecule has 1 aliphatic carbocycles. The van der Waals surface area contributed by atoms with Crippen molar-refractivity contribution in [2.75, 3.05) is 33.4 Å². The van der Waals surface area contributed by atoms with E-state index < -0.39 is 0 Å². The average molecular weight is 199 g/mol. The van der Waals surface area contributed by atoms with Gasteiger partial charge in [-0.15, -0.1) is 0 Å². The summed E-state index contributed by atoms with van der Waals surface area (Å²) >= 11 is 0. The molecule has 1 saturated carbocycles. The smallest absolute Gasteiger partial charge is 0.137 e. The van der Waals surface area contributed by atoms with Crippen LogP contribution in [-0.2, 0) is 9.53 Å². The van der Waals surface area contributed by atoms with Gasteiger partial charge in [0.25, 0.3) is 0 Å². The number of carbonyl (C=O) groups is 1. The Balaban J connectivity index is 2.12. The van der Waals surface area contributed by atoms with Gasteiger partial charge in [-0.2, -0.15) is 0 Å². The largest absolute Gasteiger partial charge is 0.380 e. The van der Waals surface area contributed by atoms with Crippen molar-refractivity contribution in [3.8, 4) is 0 Å². The maximum absolute atomic E-state index is 11.4. The molecule has 3 nitrogen and oxygen atoms in total. The summed E-state index contributed by atoms with van der Waals surface area (Å²) in [6.07, 6.45) is 2.96. The number of hydrogen-bond donors (Lipinski definition) is 0. The molecule has 1 rings (SSSR count). The maximum Gasteiger partial charge on any atom is 0.137 e. The van der Waals surface area contributed by atoms with Crippen LogP contribution < -0.4 is 0 Å². The van der Waals surface area contributed by atoms with Crippen LogP contribution in [0.1, 0.15) is 26.2 Å². The second-order valence-electron chi connectivity index (χ2n) is 4.01. The van der Waals surface area contributed by atoms with E-state index in [1.54, 1.807) is 0 Å². The summed E-state index contributed by atoms with van der Waals surface area (Å²) in [6, 6.07) is 0. The molecule has 1 unspecified atom stereocenters. The summed E-state index contributed by atoms with van der Waals surface area (Å²) in [6.45, 7) is 5.38. The molecule has 0 amide bonds. The Kier molecular flexibility index (Phi) is 5.12. The summed E-state index contributed by atoms with van der Waals surface area (Å²) in [4.78, 5) is 13.6. The van der Waals surface area contributed by atoms with Crippen LogP contribution in [0.25, 0.3) is 0 Å². The van der Waals surface area contributed by atoms with Gasteiger partial charge in [-0.25, -0.2) is 0 Å². The van der Waals surface area contributed by atoms with E-state index in [0.29, 0.717) is 11.7 Å². The molecule has 0 spiro atoms. The Morgan fingerprint density at radius 3 is 2.93 bits per heavy atom. The van der Waals surface area contributed by atoms with Crippen molar-refractivity contribution >= 4 is 5.78 Å². The topological polar surface area (TPSA) is 29.5 Å². The number of ketones is 1. The first-order valence-electron chi connectivity index (χ1n) is 5.53. The molecule has 1 atom stereocenters. The van der Waals surface area contributed by atoms with Crippen molar-refractivity contribution < 1.29 is 9.53 Å². The van der Waals surface area contributed by atoms with E-state index >= 15 is 0 Å². The van der Waals surface area contributed by atoms with Gasteiger partial charge in [-0.3, -0.25) is 4.79 Å². The molecule has 0 aromatic heterocycles. The van der Waals surface area contributed by atoms with E-state index in [-0.39, 0.29) is 0 Å². The first kappa shape index (κ1) is 11.7. The number of carbonyl (C=O) groups excluding carboxylic acids is 1. The minimum atomic E-state index is 0.293. The fourth-order valence-electron chi connectivity index (χ4n) is 1.91. The molecular weight excluding hydrogens is 178 g/mol. The highest BCUT2D eigenvalue weighted by molar-refractivity contribution is 5.83. The zero-order valence-corrected chi connectivity index (χ0v) is 9.29. The Labute approximate surface area is 86.4 Å². The zero-order valence-electron chi connectivity index (χ0n) is 9.29. The maximum atomic E-state index is 11.4. The normalized spacial score (nSPS) is 22.2. The average Bonchev–Trinajstić information content (AvgIpc) is 2.52. The van der Waals surface area contributed by atoms with E-state index in [2.05, 4.69) is 11.9 Å². The molecule has 0 saturated heterocycles. The van der Waals surface area contributed by atoms with Gasteiger partial charge in [-0.05, 0) is 26.8 Å². The highest BCUT2D eigenvalue weighted by Gasteiger charge is 2.24. The molecule has 0 bridgehead atoms. The number of ether oxygens (including phenoxy) is 1. The highest BCUT2D eigenvalue weighted by atomic mass is 16.5. The van der Waals surface area contributed by atoms with Crippen LogP contribution in [-0.4, -0.2) is 44.0 Å². The van der Waals surface area contributed by atoms with Gasteiger partial charge >= 0.3 is 0 Å². The zero-order chi connectivity index (χ0) is 10.4. The lowest BCUT2D eigenvalue weighted by Gasteiger charge is -2.19. The van der Waals surface area contributed by atoms with Crippen LogP contribution in [0, 0.1) is 5.92 Å². The second kappa shape index (κ2) is 6.14. The molecule has 14 heavy (non-hydrogen) atoms. The van der Waals surface area contributed by atoms with Gasteiger partial charge in [0, 0.05) is 32.0 Å². The van der Waals surface area contributed by atoms with Crippen molar-refractivity contribution in [3.63, 3.8) is 0 Å². The molecule has 0 N–H and O–H groups in total. The predicted octanol–water partition coefficient (Wildman–Crippen LogP) is 1.32. The first-order valence-corrected chi connectivity index (χ1v) is 5.53. The van der Waals surface area contributed by atoms with E-state index in [4.69, 9.17) is 4.74 Å². The molecule has 0 heterocycles. The van der Waals surface area contributed by atoms with Gasteiger partial charge < -0.3 is 9.64 Å². The Hall–Kier alpha value is -0.410. The van der Waals surface area contributed by atoms with Gasteiger partial charge in [0.2, 0.25) is 0 Å². The molecule has 0 aromatic carbocycles. The number of Topliss-reactive ketones (excluding diaryl/α,β-unsaturated/α-hetero) is 1. The van der Waals surface area contributed by atoms with Crippen molar-refractivity contribution in [1.29, 1.82) is 0 Å². The molecule has 0 radical (unpaired) electrons. The number of hydrogen-bond acceptors (Lipinski definition) is 3. The van der Waals surface area contributed by atoms with Crippen LogP contribution in [0.15, 0.2) is 0 Å². The Bertz CT molecular complexity index is 182. The molecular formula is C11H21NO2. The van der Waals surface area contributed by atoms with Crippen LogP contribution >= 0.6 is 0 Å². The van der Waals surface area contributed by atoms with Crippen molar-refractivity contribution in [2.45, 2.75) is 26.2 Å². The summed E-state index contributed by atoms with van der Waals surface area (Å²) < 4.78 is 5.27. The summed E-state index contributed by atoms with van der Waals surface area (Å²) in [5.74, 6) is 0.745. The van der Waals surface area contributed by atoms with Crippen LogP contribution in [0.5, 0.6) is 0 Å². The van der Waals surface area contributed by atoms with E-state index in [1.807, 2.05) is 6.92 Å². The third-order valence-corrected chi connectivity index (χ3v) is 2.78. The standard InChI is InChI=1S/C11H21NO2/c1-3-14-8-7-12(2)9-10-5-4-6-11(10)13/h10H,3-9H2,1-2H3. The minimum absolute atomic E-state index is 0.293. The molecule has 0 aliphatic heterocycles. The van der Waals surface area contributed by atoms with E-state index in [9.17, 15) is 4.79 Å². The van der Waals surface area contributed by atoms with Gasteiger partial charge in [-0.1, -0.05) is 0 Å². The predicted molar refractivity (Wildman–Crippen MR) is 56.3 cm³/mol. The van der Waals surface area contributed by atoms with Gasteiger partial charge in [0.1, 0.15) is 5.78 Å². The fourth-order valence-corrected chi connectivity index (χ4v) is 1.91. The molecule has 3 heteroatoms. The van der Waals surface area contributed by atoms with Crippen molar-refractivity contribution in [1.82, 2.24) is 4.90 Å². The van der Waals surface area contributed by atoms with Gasteiger partial charge in [0.05, 0.1) is 6.61 Å². The molecule has 1 fully saturated rings. The first-order chi connectivity index (χ1) is 6.74. The van der Waals surface area contributed by atoms with Crippen LogP contribution in [0.4, 0.5) is 0 Å². The molecule has 0 aromatic rings. The Morgan fingerprint density at radius 2 is 2.36 bits per heavy atom. The summed E-state index contributed by atoms with van der Waals surface area (Å²) in [5, 5.41) is 0. The van der Waals surface area contributed by atoms with E-state index in [1.165, 1.54) is 0 Å². The van der Waals surface area contributed by atoms with E-state index in [0.717, 1.165) is 45.6 Å². The number of likely N-dealkylation sites (N-methyl/N-ethyl adjacent to an activating group) is 1. The van der Waals surface area contributed by atoms with Crippen molar-refractivity contribution in [2.24, 2.45) is 5.92 Å². The molecule has 1 aliphatic rings. The SMILES string of the molecule is CCOCCN(C)CC1CCCC1=O. The summed E-state index contributed by atoms with van der Waals surface area (Å²) in [7, 11) is 2.06. The van der Waals surface area contributed by atoms with Crippen molar-refractivity contribution in [3.05, 3.63) is 0 Å². The van der Waals surface area contributed by atoms with Crippen LogP contribution in [0.2, 0.25) is 0 Å². The quantitative estimate of drug-likeness (QED) is 0.604. The summed E-state index contributed by atoms with van der Waals surface area (Å²) in [5.41, 5.74) is 0. The molecule has 82 valence electrons. The second-order valence-corrected chi connectivity index (χ2v) is 4.01. The monoisotopic (exact) mass is 199 g/mol. The lowest BCUT2D eigenvalue weighted by atomic mass is 10.1. The lowest BCUT2D eigenvalue weighted by molar-refractivity contribution is -0.121. The number of rotatable bonds is 6. The third kappa shape index (κ3) is 3.76. The van der Waals surface area contributed by atoms with Gasteiger partial charge in [0.15, 0.2) is 0 Å².